The van der Waals surface area contributed by atoms with E-state index in [0.717, 1.165) is 6.42 Å². The van der Waals surface area contributed by atoms with Gasteiger partial charge in [0.15, 0.2) is 0 Å². The van der Waals surface area contributed by atoms with Crippen molar-refractivity contribution in [2.24, 2.45) is 23.2 Å². The molecule has 0 saturated heterocycles. The summed E-state index contributed by atoms with van der Waals surface area (Å²) in [4.78, 5) is 0. The highest BCUT2D eigenvalue weighted by atomic mass is 16.3. The van der Waals surface area contributed by atoms with Gasteiger partial charge < -0.3 is 15.3 Å². The summed E-state index contributed by atoms with van der Waals surface area (Å²) in [5.74, 6) is 0.884. The third-order valence-electron chi connectivity index (χ3n) is 4.01. The van der Waals surface area contributed by atoms with Crippen LogP contribution in [-0.4, -0.2) is 34.1 Å². The molecule has 0 aliphatic heterocycles. The Morgan fingerprint density at radius 3 is 2.31 bits per heavy atom. The highest BCUT2D eigenvalue weighted by Crippen LogP contribution is 2.67. The molecule has 5 atom stereocenters. The summed E-state index contributed by atoms with van der Waals surface area (Å²) in [6, 6.07) is 0. The van der Waals surface area contributed by atoms with Crippen molar-refractivity contribution in [3.63, 3.8) is 0 Å². The van der Waals surface area contributed by atoms with E-state index in [9.17, 15) is 15.3 Å². The van der Waals surface area contributed by atoms with Gasteiger partial charge in [-0.1, -0.05) is 13.8 Å². The molecule has 13 heavy (non-hydrogen) atoms. The molecule has 0 amide bonds. The average Bonchev–Trinajstić information content (AvgIpc) is 2.74. The Balaban J connectivity index is 2.19. The number of aliphatic hydroxyl groups excluding tert-OH is 3. The lowest BCUT2D eigenvalue weighted by Crippen LogP contribution is -2.36. The maximum absolute atomic E-state index is 9.77. The summed E-state index contributed by atoms with van der Waals surface area (Å²) in [6.07, 6.45) is -0.467. The first-order chi connectivity index (χ1) is 6.04. The first kappa shape index (κ1) is 9.44. The van der Waals surface area contributed by atoms with Crippen LogP contribution in [0.25, 0.3) is 0 Å². The summed E-state index contributed by atoms with van der Waals surface area (Å²) in [7, 11) is 0. The molecule has 0 aromatic carbocycles. The van der Waals surface area contributed by atoms with Gasteiger partial charge in [0.05, 0.1) is 18.8 Å². The van der Waals surface area contributed by atoms with Crippen LogP contribution in [0.4, 0.5) is 0 Å². The first-order valence-corrected chi connectivity index (χ1v) is 5.01. The normalized spacial score (nSPS) is 54.0. The van der Waals surface area contributed by atoms with Crippen molar-refractivity contribution < 1.29 is 15.3 Å². The Labute approximate surface area is 78.4 Å². The highest BCUT2D eigenvalue weighted by molar-refractivity contribution is 5.18. The summed E-state index contributed by atoms with van der Waals surface area (Å²) in [5.41, 5.74) is -0.353. The van der Waals surface area contributed by atoms with E-state index in [2.05, 4.69) is 13.8 Å². The molecular formula is C10H18O3. The molecule has 0 spiro atoms. The molecule has 3 heteroatoms. The van der Waals surface area contributed by atoms with Gasteiger partial charge >= 0.3 is 0 Å². The van der Waals surface area contributed by atoms with Crippen molar-refractivity contribution in [1.29, 1.82) is 0 Å². The summed E-state index contributed by atoms with van der Waals surface area (Å²) in [5, 5.41) is 28.7. The molecule has 0 bridgehead atoms. The standard InChI is InChI=1S/C10H18O3/c1-5(2)7-6-3-10(6,4-11)9(13)8(7)12/h5-9,11-13H,3-4H2,1-2H3/t6-,7-,8?,9?,10+/m1/s1. The maximum atomic E-state index is 9.77. The molecule has 76 valence electrons. The smallest absolute Gasteiger partial charge is 0.0882 e. The Bertz CT molecular complexity index is 216. The lowest BCUT2D eigenvalue weighted by molar-refractivity contribution is -0.0389. The van der Waals surface area contributed by atoms with Crippen LogP contribution in [0.15, 0.2) is 0 Å². The van der Waals surface area contributed by atoms with Crippen LogP contribution in [0, 0.1) is 23.2 Å². The van der Waals surface area contributed by atoms with Crippen LogP contribution in [0.3, 0.4) is 0 Å². The van der Waals surface area contributed by atoms with Crippen LogP contribution < -0.4 is 0 Å². The predicted octanol–water partition coefficient (Wildman–Crippen LogP) is -0.00740. The number of fused-ring (bicyclic) bond motifs is 1. The Morgan fingerprint density at radius 1 is 1.38 bits per heavy atom. The zero-order valence-electron chi connectivity index (χ0n) is 8.14. The van der Waals surface area contributed by atoms with Crippen LogP contribution in [-0.2, 0) is 0 Å². The van der Waals surface area contributed by atoms with Crippen molar-refractivity contribution in [3.8, 4) is 0 Å². The number of rotatable bonds is 2. The average molecular weight is 186 g/mol. The summed E-state index contributed by atoms with van der Waals surface area (Å²) < 4.78 is 0. The molecule has 0 heterocycles. The lowest BCUT2D eigenvalue weighted by atomic mass is 9.88. The van der Waals surface area contributed by atoms with Gasteiger partial charge in [-0.15, -0.1) is 0 Å². The van der Waals surface area contributed by atoms with Gasteiger partial charge in [0, 0.05) is 5.41 Å². The fourth-order valence-electron chi connectivity index (χ4n) is 3.13. The summed E-state index contributed by atoms with van der Waals surface area (Å²) >= 11 is 0. The SMILES string of the molecule is CC(C)[C@H]1C(O)C(O)[C@]2(CO)C[C@H]12. The molecule has 3 N–H and O–H groups in total. The molecule has 0 aromatic rings. The van der Waals surface area contributed by atoms with Gasteiger partial charge in [0.25, 0.3) is 0 Å². The number of aliphatic hydroxyl groups is 3. The van der Waals surface area contributed by atoms with Crippen LogP contribution in [0.2, 0.25) is 0 Å². The Morgan fingerprint density at radius 2 is 2.00 bits per heavy atom. The molecule has 2 fully saturated rings. The largest absolute Gasteiger partial charge is 0.396 e. The predicted molar refractivity (Wildman–Crippen MR) is 48.0 cm³/mol. The molecule has 3 nitrogen and oxygen atoms in total. The van der Waals surface area contributed by atoms with Crippen molar-refractivity contribution in [3.05, 3.63) is 0 Å². The fourth-order valence-corrected chi connectivity index (χ4v) is 3.13. The second kappa shape index (κ2) is 2.69. The van der Waals surface area contributed by atoms with Gasteiger partial charge in [0.2, 0.25) is 0 Å². The number of hydrogen-bond acceptors (Lipinski definition) is 3. The van der Waals surface area contributed by atoms with E-state index in [4.69, 9.17) is 0 Å². The van der Waals surface area contributed by atoms with Gasteiger partial charge in [-0.25, -0.2) is 0 Å². The Hall–Kier alpha value is -0.120. The molecule has 2 rings (SSSR count). The zero-order valence-corrected chi connectivity index (χ0v) is 8.14. The van der Waals surface area contributed by atoms with E-state index in [1.165, 1.54) is 0 Å². The minimum Gasteiger partial charge on any atom is -0.396 e. The van der Waals surface area contributed by atoms with E-state index in [-0.39, 0.29) is 17.9 Å². The zero-order chi connectivity index (χ0) is 9.80. The van der Waals surface area contributed by atoms with Crippen molar-refractivity contribution in [2.75, 3.05) is 6.61 Å². The van der Waals surface area contributed by atoms with Crippen LogP contribution in [0.1, 0.15) is 20.3 Å². The molecule has 0 aromatic heterocycles. The second-order valence-corrected chi connectivity index (χ2v) is 4.96. The monoisotopic (exact) mass is 186 g/mol. The van der Waals surface area contributed by atoms with E-state index >= 15 is 0 Å². The highest BCUT2D eigenvalue weighted by Gasteiger charge is 2.70. The van der Waals surface area contributed by atoms with Crippen LogP contribution >= 0.6 is 0 Å². The summed E-state index contributed by atoms with van der Waals surface area (Å²) in [6.45, 7) is 4.14. The van der Waals surface area contributed by atoms with Crippen molar-refractivity contribution in [1.82, 2.24) is 0 Å². The quantitative estimate of drug-likeness (QED) is 0.568. The molecule has 2 saturated carbocycles. The van der Waals surface area contributed by atoms with Crippen LogP contribution in [0.5, 0.6) is 0 Å². The fraction of sp³-hybridized carbons (Fsp3) is 1.00. The van der Waals surface area contributed by atoms with Crippen molar-refractivity contribution >= 4 is 0 Å². The van der Waals surface area contributed by atoms with E-state index in [0.29, 0.717) is 11.8 Å². The van der Waals surface area contributed by atoms with E-state index < -0.39 is 12.2 Å². The van der Waals surface area contributed by atoms with Crippen molar-refractivity contribution in [2.45, 2.75) is 32.5 Å². The van der Waals surface area contributed by atoms with Gasteiger partial charge in [-0.2, -0.15) is 0 Å². The molecule has 0 radical (unpaired) electrons. The van der Waals surface area contributed by atoms with E-state index in [1.807, 2.05) is 0 Å². The van der Waals surface area contributed by atoms with Gasteiger partial charge in [-0.05, 0) is 24.2 Å². The number of hydrogen-bond donors (Lipinski definition) is 3. The molecule has 2 aliphatic rings. The van der Waals surface area contributed by atoms with Gasteiger partial charge in [0.1, 0.15) is 0 Å². The first-order valence-electron chi connectivity index (χ1n) is 5.01. The maximum Gasteiger partial charge on any atom is 0.0882 e. The molecular weight excluding hydrogens is 168 g/mol. The third kappa shape index (κ3) is 1.01. The third-order valence-corrected chi connectivity index (χ3v) is 4.01. The molecule has 2 aliphatic carbocycles. The topological polar surface area (TPSA) is 60.7 Å². The molecule has 2 unspecified atom stereocenters. The second-order valence-electron chi connectivity index (χ2n) is 4.96. The lowest BCUT2D eigenvalue weighted by Gasteiger charge is -2.24. The van der Waals surface area contributed by atoms with Gasteiger partial charge in [-0.3, -0.25) is 0 Å². The minimum atomic E-state index is -0.713. The Kier molecular flexibility index (Phi) is 1.95. The van der Waals surface area contributed by atoms with E-state index in [1.54, 1.807) is 0 Å². The minimum absolute atomic E-state index is 0.0130.